The third kappa shape index (κ3) is 4.93. The maximum atomic E-state index is 7.81. The van der Waals surface area contributed by atoms with Gasteiger partial charge in [0.05, 0.1) is 11.7 Å². The van der Waals surface area contributed by atoms with E-state index in [9.17, 15) is 0 Å². The van der Waals surface area contributed by atoms with Crippen LogP contribution in [0.4, 0.5) is 5.69 Å². The monoisotopic (exact) mass is 409 g/mol. The van der Waals surface area contributed by atoms with Gasteiger partial charge >= 0.3 is 0 Å². The number of allylic oxidation sites excluding steroid dienone is 2. The fourth-order valence-electron chi connectivity index (χ4n) is 3.52. The molecule has 0 amide bonds. The summed E-state index contributed by atoms with van der Waals surface area (Å²) in [5.74, 6) is 0. The third-order valence-corrected chi connectivity index (χ3v) is 5.21. The van der Waals surface area contributed by atoms with E-state index in [-0.39, 0.29) is 6.04 Å². The quantitative estimate of drug-likeness (QED) is 0.446. The van der Waals surface area contributed by atoms with Crippen molar-refractivity contribution >= 4 is 34.8 Å². The van der Waals surface area contributed by atoms with Crippen LogP contribution in [0.3, 0.4) is 0 Å². The number of halogens is 1. The molecule has 6 N–H and O–H groups in total. The van der Waals surface area contributed by atoms with Crippen LogP contribution in [0.2, 0.25) is 5.02 Å². The summed E-state index contributed by atoms with van der Waals surface area (Å²) in [6.07, 6.45) is 4.16. The Balaban J connectivity index is 2.07. The molecule has 0 saturated carbocycles. The van der Waals surface area contributed by atoms with Gasteiger partial charge in [-0.25, -0.2) is 0 Å². The largest absolute Gasteiger partial charge is 0.401 e. The van der Waals surface area contributed by atoms with Gasteiger partial charge < -0.3 is 27.1 Å². The van der Waals surface area contributed by atoms with Crippen molar-refractivity contribution in [2.24, 2.45) is 5.73 Å². The van der Waals surface area contributed by atoms with E-state index in [4.69, 9.17) is 22.7 Å². The zero-order chi connectivity index (χ0) is 20.8. The molecule has 1 heterocycles. The number of benzene rings is 2. The Morgan fingerprint density at radius 1 is 1.28 bits per heavy atom. The number of hydrogen-bond donors (Lipinski definition) is 5. The predicted molar refractivity (Wildman–Crippen MR) is 124 cm³/mol. The van der Waals surface area contributed by atoms with Gasteiger partial charge in [0.15, 0.2) is 0 Å². The fraction of sp³-hybridized carbons (Fsp3) is 0.261. The van der Waals surface area contributed by atoms with E-state index in [1.807, 2.05) is 50.4 Å². The maximum absolute atomic E-state index is 7.81. The van der Waals surface area contributed by atoms with Crippen molar-refractivity contribution in [1.29, 1.82) is 5.41 Å². The molecular formula is C23H28ClN5. The second kappa shape index (κ2) is 9.52. The first-order valence-electron chi connectivity index (χ1n) is 9.84. The van der Waals surface area contributed by atoms with Crippen LogP contribution in [0.15, 0.2) is 54.4 Å². The highest BCUT2D eigenvalue weighted by Crippen LogP contribution is 2.34. The maximum Gasteiger partial charge on any atom is 0.0605 e. The van der Waals surface area contributed by atoms with Gasteiger partial charge in [-0.3, -0.25) is 0 Å². The van der Waals surface area contributed by atoms with Gasteiger partial charge in [-0.1, -0.05) is 23.7 Å². The van der Waals surface area contributed by atoms with E-state index in [1.165, 1.54) is 6.21 Å². The summed E-state index contributed by atoms with van der Waals surface area (Å²) in [5, 5.41) is 18.8. The van der Waals surface area contributed by atoms with E-state index in [0.29, 0.717) is 5.02 Å². The number of anilines is 1. The molecule has 2 aromatic carbocycles. The molecule has 3 rings (SSSR count). The molecule has 1 aliphatic heterocycles. The van der Waals surface area contributed by atoms with E-state index >= 15 is 0 Å². The van der Waals surface area contributed by atoms with Gasteiger partial charge in [-0.15, -0.1) is 0 Å². The number of hydrogen-bond acceptors (Lipinski definition) is 5. The molecule has 0 bridgehead atoms. The van der Waals surface area contributed by atoms with Crippen LogP contribution in [0.1, 0.15) is 43.0 Å². The lowest BCUT2D eigenvalue weighted by atomic mass is 9.92. The normalized spacial score (nSPS) is 18.2. The number of nitrogens with one attached hydrogen (secondary N) is 4. The van der Waals surface area contributed by atoms with Crippen molar-refractivity contribution in [2.75, 3.05) is 18.4 Å². The van der Waals surface area contributed by atoms with Crippen LogP contribution >= 0.6 is 11.6 Å². The van der Waals surface area contributed by atoms with E-state index in [0.717, 1.165) is 58.9 Å². The molecule has 1 unspecified atom stereocenters. The van der Waals surface area contributed by atoms with E-state index < -0.39 is 0 Å². The predicted octanol–water partition coefficient (Wildman–Crippen LogP) is 4.73. The second-order valence-corrected chi connectivity index (χ2v) is 7.52. The molecule has 0 aliphatic carbocycles. The van der Waals surface area contributed by atoms with Crippen LogP contribution in [-0.2, 0) is 0 Å². The Morgan fingerprint density at radius 2 is 2.03 bits per heavy atom. The van der Waals surface area contributed by atoms with Crippen molar-refractivity contribution in [2.45, 2.75) is 26.3 Å². The lowest BCUT2D eigenvalue weighted by molar-refractivity contribution is 0.682. The zero-order valence-corrected chi connectivity index (χ0v) is 17.6. The Bertz CT molecular complexity index is 927. The molecular weight excluding hydrogens is 382 g/mol. The van der Waals surface area contributed by atoms with Crippen molar-refractivity contribution in [3.8, 4) is 0 Å². The minimum Gasteiger partial charge on any atom is -0.401 e. The summed E-state index contributed by atoms with van der Waals surface area (Å²) < 4.78 is 0. The SMILES string of the molecule is CCN/C=C(\C=N)c1ccc2c(c1)C(Nc1ccc(Cl)cc1)CCN/C2=C(/C)N. The molecule has 152 valence electrons. The number of nitrogens with two attached hydrogens (primary N) is 1. The molecule has 0 spiro atoms. The molecule has 0 saturated heterocycles. The average molecular weight is 410 g/mol. The molecule has 29 heavy (non-hydrogen) atoms. The first-order chi connectivity index (χ1) is 14.0. The number of rotatable bonds is 6. The van der Waals surface area contributed by atoms with Gasteiger partial charge in [0.2, 0.25) is 0 Å². The smallest absolute Gasteiger partial charge is 0.0605 e. The van der Waals surface area contributed by atoms with Gasteiger partial charge in [-0.2, -0.15) is 0 Å². The Kier molecular flexibility index (Phi) is 6.83. The first kappa shape index (κ1) is 20.8. The molecule has 0 radical (unpaired) electrons. The summed E-state index contributed by atoms with van der Waals surface area (Å²) in [6.45, 7) is 5.57. The summed E-state index contributed by atoms with van der Waals surface area (Å²) in [7, 11) is 0. The average Bonchev–Trinajstić information content (AvgIpc) is 2.90. The van der Waals surface area contributed by atoms with Crippen LogP contribution in [0.25, 0.3) is 11.3 Å². The van der Waals surface area contributed by atoms with Crippen molar-refractivity contribution in [1.82, 2.24) is 10.6 Å². The number of fused-ring (bicyclic) bond motifs is 1. The van der Waals surface area contributed by atoms with Crippen molar-refractivity contribution < 1.29 is 0 Å². The standard InChI is InChI=1S/C23H28ClN5/c1-3-27-14-17(13-25)16-4-9-20-21(12-16)22(10-11-28-23(20)15(2)26)29-19-7-5-18(24)6-8-19/h4-9,12-14,22,25,27-29H,3,10-11,26H2,1-2H3/b17-14+,23-15-,25-13?. The van der Waals surface area contributed by atoms with Crippen molar-refractivity contribution in [3.05, 3.63) is 76.1 Å². The Hall–Kier alpha value is -2.92. The molecule has 6 heteroatoms. The Morgan fingerprint density at radius 3 is 2.69 bits per heavy atom. The lowest BCUT2D eigenvalue weighted by Gasteiger charge is -2.22. The highest BCUT2D eigenvalue weighted by molar-refractivity contribution is 6.30. The second-order valence-electron chi connectivity index (χ2n) is 7.08. The highest BCUT2D eigenvalue weighted by Gasteiger charge is 2.23. The third-order valence-electron chi connectivity index (χ3n) is 4.96. The van der Waals surface area contributed by atoms with E-state index in [1.54, 1.807) is 0 Å². The highest BCUT2D eigenvalue weighted by atomic mass is 35.5. The minimum atomic E-state index is 0.0987. The molecule has 1 aliphatic rings. The van der Waals surface area contributed by atoms with Gasteiger partial charge in [0.25, 0.3) is 0 Å². The van der Waals surface area contributed by atoms with Gasteiger partial charge in [0, 0.05) is 53.0 Å². The van der Waals surface area contributed by atoms with Crippen LogP contribution in [0.5, 0.6) is 0 Å². The summed E-state index contributed by atoms with van der Waals surface area (Å²) in [6, 6.07) is 14.1. The van der Waals surface area contributed by atoms with E-state index in [2.05, 4.69) is 28.1 Å². The van der Waals surface area contributed by atoms with Gasteiger partial charge in [0.1, 0.15) is 0 Å². The van der Waals surface area contributed by atoms with Crippen LogP contribution in [0, 0.1) is 5.41 Å². The summed E-state index contributed by atoms with van der Waals surface area (Å²) in [4.78, 5) is 0. The molecule has 1 atom stereocenters. The van der Waals surface area contributed by atoms with Gasteiger partial charge in [-0.05, 0) is 61.7 Å². The molecule has 0 aromatic heterocycles. The minimum absolute atomic E-state index is 0.0987. The molecule has 5 nitrogen and oxygen atoms in total. The topological polar surface area (TPSA) is 86.0 Å². The van der Waals surface area contributed by atoms with Crippen LogP contribution < -0.4 is 21.7 Å². The lowest BCUT2D eigenvalue weighted by Crippen LogP contribution is -2.16. The molecule has 2 aromatic rings. The van der Waals surface area contributed by atoms with Crippen LogP contribution in [-0.4, -0.2) is 19.3 Å². The zero-order valence-electron chi connectivity index (χ0n) is 16.9. The van der Waals surface area contributed by atoms with Crippen molar-refractivity contribution in [3.63, 3.8) is 0 Å². The fourth-order valence-corrected chi connectivity index (χ4v) is 3.65. The summed E-state index contributed by atoms with van der Waals surface area (Å²) >= 11 is 6.04. The molecule has 0 fully saturated rings. The Labute approximate surface area is 177 Å². The first-order valence-corrected chi connectivity index (χ1v) is 10.2. The summed E-state index contributed by atoms with van der Waals surface area (Å²) in [5.41, 5.74) is 13.0.